The van der Waals surface area contributed by atoms with Gasteiger partial charge in [-0.3, -0.25) is 0 Å². The van der Waals surface area contributed by atoms with Gasteiger partial charge in [-0.1, -0.05) is 37.3 Å². The second-order valence-electron chi connectivity index (χ2n) is 3.75. The SMILES string of the molecule is CCCS(=O)(=O)NCCSCc1ccccc1. The molecule has 0 atom stereocenters. The molecule has 0 radical (unpaired) electrons. The standard InChI is InChI=1S/C12H19NO2S2/c1-2-10-17(14,15)13-8-9-16-11-12-6-4-3-5-7-12/h3-7,13H,2,8-11H2,1H3. The van der Waals surface area contributed by atoms with E-state index in [4.69, 9.17) is 0 Å². The van der Waals surface area contributed by atoms with Crippen LogP contribution < -0.4 is 4.72 Å². The summed E-state index contributed by atoms with van der Waals surface area (Å²) in [5.41, 5.74) is 1.27. The van der Waals surface area contributed by atoms with Gasteiger partial charge in [0.05, 0.1) is 5.75 Å². The van der Waals surface area contributed by atoms with Crippen molar-refractivity contribution in [1.82, 2.24) is 4.72 Å². The highest BCUT2D eigenvalue weighted by atomic mass is 32.2. The average molecular weight is 273 g/mol. The van der Waals surface area contributed by atoms with Gasteiger partial charge in [-0.25, -0.2) is 13.1 Å². The molecule has 5 heteroatoms. The molecule has 0 spiro atoms. The van der Waals surface area contributed by atoms with E-state index in [0.29, 0.717) is 13.0 Å². The number of nitrogens with one attached hydrogen (secondary N) is 1. The smallest absolute Gasteiger partial charge is 0.211 e. The van der Waals surface area contributed by atoms with E-state index in [1.54, 1.807) is 11.8 Å². The summed E-state index contributed by atoms with van der Waals surface area (Å²) >= 11 is 1.74. The Morgan fingerprint density at radius 1 is 1.24 bits per heavy atom. The molecule has 17 heavy (non-hydrogen) atoms. The lowest BCUT2D eigenvalue weighted by molar-refractivity contribution is 0.583. The predicted octanol–water partition coefficient (Wildman–Crippen LogP) is 2.25. The topological polar surface area (TPSA) is 46.2 Å². The molecule has 0 heterocycles. The van der Waals surface area contributed by atoms with Gasteiger partial charge in [0.1, 0.15) is 0 Å². The van der Waals surface area contributed by atoms with Gasteiger partial charge in [0.15, 0.2) is 0 Å². The molecule has 0 bridgehead atoms. The Balaban J connectivity index is 2.13. The van der Waals surface area contributed by atoms with Crippen LogP contribution in [0.1, 0.15) is 18.9 Å². The average Bonchev–Trinajstić information content (AvgIpc) is 2.30. The minimum Gasteiger partial charge on any atom is -0.214 e. The molecule has 1 aromatic carbocycles. The van der Waals surface area contributed by atoms with E-state index in [1.165, 1.54) is 5.56 Å². The van der Waals surface area contributed by atoms with Crippen molar-refractivity contribution in [1.29, 1.82) is 0 Å². The summed E-state index contributed by atoms with van der Waals surface area (Å²) in [6.07, 6.45) is 0.659. The lowest BCUT2D eigenvalue weighted by Gasteiger charge is -2.05. The fraction of sp³-hybridized carbons (Fsp3) is 0.500. The maximum Gasteiger partial charge on any atom is 0.211 e. The van der Waals surface area contributed by atoms with E-state index < -0.39 is 10.0 Å². The Morgan fingerprint density at radius 2 is 1.94 bits per heavy atom. The maximum absolute atomic E-state index is 11.3. The molecule has 1 N–H and O–H groups in total. The van der Waals surface area contributed by atoms with Crippen LogP contribution in [-0.4, -0.2) is 26.5 Å². The maximum atomic E-state index is 11.3. The predicted molar refractivity (Wildman–Crippen MR) is 74.7 cm³/mol. The first-order valence-corrected chi connectivity index (χ1v) is 8.54. The number of sulfonamides is 1. The largest absolute Gasteiger partial charge is 0.214 e. The van der Waals surface area contributed by atoms with Crippen molar-refractivity contribution >= 4 is 21.8 Å². The highest BCUT2D eigenvalue weighted by Gasteiger charge is 2.06. The Bertz CT molecular complexity index is 404. The fourth-order valence-corrected chi connectivity index (χ4v) is 3.42. The molecule has 0 fully saturated rings. The van der Waals surface area contributed by atoms with Crippen LogP contribution in [0.2, 0.25) is 0 Å². The summed E-state index contributed by atoms with van der Waals surface area (Å²) in [5.74, 6) is 1.95. The Hall–Kier alpha value is -0.520. The van der Waals surface area contributed by atoms with Crippen LogP contribution in [-0.2, 0) is 15.8 Å². The third-order valence-corrected chi connectivity index (χ3v) is 4.77. The number of hydrogen-bond donors (Lipinski definition) is 1. The van der Waals surface area contributed by atoms with Gasteiger partial charge in [0.2, 0.25) is 10.0 Å². The van der Waals surface area contributed by atoms with Gasteiger partial charge >= 0.3 is 0 Å². The molecule has 0 amide bonds. The molecule has 0 aliphatic carbocycles. The molecule has 0 saturated carbocycles. The Kier molecular flexibility index (Phi) is 6.62. The number of hydrogen-bond acceptors (Lipinski definition) is 3. The fourth-order valence-electron chi connectivity index (χ4n) is 1.37. The van der Waals surface area contributed by atoms with Crippen LogP contribution in [0.4, 0.5) is 0 Å². The zero-order valence-electron chi connectivity index (χ0n) is 10.1. The minimum absolute atomic E-state index is 0.219. The van der Waals surface area contributed by atoms with Gasteiger partial charge in [0.25, 0.3) is 0 Å². The van der Waals surface area contributed by atoms with Gasteiger partial charge in [-0.15, -0.1) is 0 Å². The van der Waals surface area contributed by atoms with Crippen LogP contribution in [0.5, 0.6) is 0 Å². The van der Waals surface area contributed by atoms with Crippen molar-refractivity contribution in [2.45, 2.75) is 19.1 Å². The first-order chi connectivity index (χ1) is 8.14. The van der Waals surface area contributed by atoms with Crippen molar-refractivity contribution in [2.75, 3.05) is 18.1 Å². The van der Waals surface area contributed by atoms with E-state index in [9.17, 15) is 8.42 Å². The zero-order valence-corrected chi connectivity index (χ0v) is 11.7. The Morgan fingerprint density at radius 3 is 2.59 bits per heavy atom. The lowest BCUT2D eigenvalue weighted by atomic mass is 10.2. The molecule has 3 nitrogen and oxygen atoms in total. The summed E-state index contributed by atoms with van der Waals surface area (Å²) in [7, 11) is -3.04. The molecule has 1 aromatic rings. The number of rotatable bonds is 8. The third kappa shape index (κ3) is 6.71. The summed E-state index contributed by atoms with van der Waals surface area (Å²) in [5, 5.41) is 0. The molecular formula is C12H19NO2S2. The first kappa shape index (κ1) is 14.5. The number of thioether (sulfide) groups is 1. The van der Waals surface area contributed by atoms with E-state index in [2.05, 4.69) is 16.9 Å². The van der Waals surface area contributed by atoms with Gasteiger partial charge in [-0.05, 0) is 12.0 Å². The molecule has 0 aliphatic heterocycles. The summed E-state index contributed by atoms with van der Waals surface area (Å²) in [6.45, 7) is 2.38. The van der Waals surface area contributed by atoms with E-state index in [1.807, 2.05) is 25.1 Å². The molecule has 0 saturated heterocycles. The zero-order chi connectivity index (χ0) is 12.6. The van der Waals surface area contributed by atoms with E-state index in [0.717, 1.165) is 11.5 Å². The van der Waals surface area contributed by atoms with Crippen LogP contribution in [0.3, 0.4) is 0 Å². The van der Waals surface area contributed by atoms with Crippen molar-refractivity contribution in [2.24, 2.45) is 0 Å². The molecule has 0 aromatic heterocycles. The first-order valence-electron chi connectivity index (χ1n) is 5.73. The molecule has 96 valence electrons. The summed E-state index contributed by atoms with van der Waals surface area (Å²) in [4.78, 5) is 0. The van der Waals surface area contributed by atoms with Gasteiger partial charge in [0, 0.05) is 18.1 Å². The van der Waals surface area contributed by atoms with Gasteiger partial charge in [-0.2, -0.15) is 11.8 Å². The second-order valence-corrected chi connectivity index (χ2v) is 6.78. The van der Waals surface area contributed by atoms with Crippen LogP contribution in [0.15, 0.2) is 30.3 Å². The Labute approximate surface area is 108 Å². The van der Waals surface area contributed by atoms with Crippen LogP contribution in [0.25, 0.3) is 0 Å². The molecular weight excluding hydrogens is 254 g/mol. The van der Waals surface area contributed by atoms with E-state index in [-0.39, 0.29) is 5.75 Å². The molecule has 1 rings (SSSR count). The van der Waals surface area contributed by atoms with Crippen LogP contribution >= 0.6 is 11.8 Å². The quantitative estimate of drug-likeness (QED) is 0.739. The van der Waals surface area contributed by atoms with Crippen molar-refractivity contribution in [3.8, 4) is 0 Å². The van der Waals surface area contributed by atoms with Crippen molar-refractivity contribution < 1.29 is 8.42 Å². The normalized spacial score (nSPS) is 11.6. The highest BCUT2D eigenvalue weighted by Crippen LogP contribution is 2.10. The van der Waals surface area contributed by atoms with Crippen molar-refractivity contribution in [3.63, 3.8) is 0 Å². The van der Waals surface area contributed by atoms with Crippen LogP contribution in [0, 0.1) is 0 Å². The highest BCUT2D eigenvalue weighted by molar-refractivity contribution is 7.98. The lowest BCUT2D eigenvalue weighted by Crippen LogP contribution is -2.28. The third-order valence-electron chi connectivity index (χ3n) is 2.15. The summed E-state index contributed by atoms with van der Waals surface area (Å²) in [6, 6.07) is 10.2. The second kappa shape index (κ2) is 7.74. The van der Waals surface area contributed by atoms with Gasteiger partial charge < -0.3 is 0 Å². The van der Waals surface area contributed by atoms with Crippen molar-refractivity contribution in [3.05, 3.63) is 35.9 Å². The monoisotopic (exact) mass is 273 g/mol. The van der Waals surface area contributed by atoms with E-state index >= 15 is 0 Å². The number of benzene rings is 1. The summed E-state index contributed by atoms with van der Waals surface area (Å²) < 4.78 is 25.3. The molecule has 0 unspecified atom stereocenters. The minimum atomic E-state index is -3.04. The molecule has 0 aliphatic rings.